The van der Waals surface area contributed by atoms with Crippen molar-refractivity contribution in [1.29, 1.82) is 0 Å². The van der Waals surface area contributed by atoms with Gasteiger partial charge in [-0.1, -0.05) is 26.8 Å². The second-order valence-corrected chi connectivity index (χ2v) is 7.07. The van der Waals surface area contributed by atoms with E-state index in [0.717, 1.165) is 42.6 Å². The molecule has 0 aromatic carbocycles. The van der Waals surface area contributed by atoms with Crippen molar-refractivity contribution in [3.63, 3.8) is 0 Å². The van der Waals surface area contributed by atoms with Crippen LogP contribution in [0.3, 0.4) is 0 Å². The number of hydrogen-bond acceptors (Lipinski definition) is 3. The zero-order chi connectivity index (χ0) is 15.9. The Morgan fingerprint density at radius 1 is 1.50 bits per heavy atom. The van der Waals surface area contributed by atoms with Gasteiger partial charge in [0.1, 0.15) is 5.01 Å². The van der Waals surface area contributed by atoms with E-state index in [0.29, 0.717) is 0 Å². The Labute approximate surface area is 156 Å². The van der Waals surface area contributed by atoms with Gasteiger partial charge in [0.2, 0.25) is 0 Å². The molecule has 0 fully saturated rings. The lowest BCUT2D eigenvalue weighted by molar-refractivity contribution is 0.469. The smallest absolute Gasteiger partial charge is 0.193 e. The minimum atomic E-state index is 0. The van der Waals surface area contributed by atoms with Crippen LogP contribution in [0.4, 0.5) is 0 Å². The Hall–Kier alpha value is -0.630. The molecule has 1 aromatic rings. The van der Waals surface area contributed by atoms with Gasteiger partial charge in [-0.2, -0.15) is 0 Å². The lowest BCUT2D eigenvalue weighted by Gasteiger charge is -2.21. The third-order valence-electron chi connectivity index (χ3n) is 3.19. The summed E-state index contributed by atoms with van der Waals surface area (Å²) in [6.45, 7) is 12.0. The van der Waals surface area contributed by atoms with Crippen LogP contribution in [-0.4, -0.2) is 36.5 Å². The Balaban J connectivity index is 0.00000441. The molecule has 0 saturated carbocycles. The number of unbranched alkanes of at least 4 members (excludes halogenated alkanes) is 1. The molecule has 4 nitrogen and oxygen atoms in total. The highest BCUT2D eigenvalue weighted by molar-refractivity contribution is 14.0. The Morgan fingerprint density at radius 3 is 2.68 bits per heavy atom. The predicted molar refractivity (Wildman–Crippen MR) is 108 cm³/mol. The topological polar surface area (TPSA) is 40.5 Å². The Bertz CT molecular complexity index is 477. The molecule has 0 saturated heterocycles. The van der Waals surface area contributed by atoms with Gasteiger partial charge in [-0.15, -0.1) is 41.9 Å². The zero-order valence-corrected chi connectivity index (χ0v) is 17.5. The fourth-order valence-electron chi connectivity index (χ4n) is 1.85. The minimum Gasteiger partial charge on any atom is -0.350 e. The third-order valence-corrected chi connectivity index (χ3v) is 4.04. The number of hydrogen-bond donors (Lipinski definition) is 1. The second kappa shape index (κ2) is 10.2. The molecule has 0 spiro atoms. The molecule has 1 rings (SSSR count). The van der Waals surface area contributed by atoms with Crippen LogP contribution >= 0.6 is 35.3 Å². The molecule has 0 aliphatic rings. The van der Waals surface area contributed by atoms with E-state index in [2.05, 4.69) is 55.0 Å². The van der Waals surface area contributed by atoms with E-state index in [4.69, 9.17) is 4.98 Å². The molecule has 1 aromatic heterocycles. The number of nitrogens with one attached hydrogen (secondary N) is 1. The highest BCUT2D eigenvalue weighted by Crippen LogP contribution is 2.23. The van der Waals surface area contributed by atoms with Crippen molar-refractivity contribution in [2.24, 2.45) is 4.99 Å². The van der Waals surface area contributed by atoms with Crippen LogP contribution in [0.5, 0.6) is 0 Å². The number of guanidine groups is 1. The number of allylic oxidation sites excluding steroid dienone is 1. The molecule has 126 valence electrons. The first kappa shape index (κ1) is 21.4. The maximum atomic E-state index is 4.69. The van der Waals surface area contributed by atoms with E-state index in [1.54, 1.807) is 11.3 Å². The average Bonchev–Trinajstić information content (AvgIpc) is 2.88. The van der Waals surface area contributed by atoms with Crippen molar-refractivity contribution in [2.45, 2.75) is 45.6 Å². The standard InChI is InChI=1S/C16H28N4S.HI/c1-7-8-9-10-20(6)15(17-5)18-11-14-19-13(12-21-14)16(2,3)4;/h7,12H,1,8-11H2,2-6H3,(H,17,18);1H. The maximum Gasteiger partial charge on any atom is 0.193 e. The second-order valence-electron chi connectivity index (χ2n) is 6.13. The van der Waals surface area contributed by atoms with Gasteiger partial charge < -0.3 is 10.2 Å². The van der Waals surface area contributed by atoms with Gasteiger partial charge in [-0.25, -0.2) is 4.98 Å². The third kappa shape index (κ3) is 7.09. The minimum absolute atomic E-state index is 0. The zero-order valence-electron chi connectivity index (χ0n) is 14.3. The van der Waals surface area contributed by atoms with Crippen molar-refractivity contribution < 1.29 is 0 Å². The van der Waals surface area contributed by atoms with Crippen molar-refractivity contribution in [3.8, 4) is 0 Å². The summed E-state index contributed by atoms with van der Waals surface area (Å²) in [4.78, 5) is 11.2. The molecule has 0 aliphatic heterocycles. The summed E-state index contributed by atoms with van der Waals surface area (Å²) in [7, 11) is 3.87. The van der Waals surface area contributed by atoms with Gasteiger partial charge in [0, 0.05) is 31.4 Å². The van der Waals surface area contributed by atoms with E-state index >= 15 is 0 Å². The summed E-state index contributed by atoms with van der Waals surface area (Å²) in [6.07, 6.45) is 4.07. The molecule has 0 aliphatic carbocycles. The van der Waals surface area contributed by atoms with Crippen molar-refractivity contribution in [2.75, 3.05) is 20.6 Å². The molecule has 0 bridgehead atoms. The quantitative estimate of drug-likeness (QED) is 0.241. The number of rotatable bonds is 6. The number of halogens is 1. The average molecular weight is 436 g/mol. The van der Waals surface area contributed by atoms with Gasteiger partial charge in [-0.05, 0) is 12.8 Å². The number of thiazole rings is 1. The fourth-order valence-corrected chi connectivity index (χ4v) is 2.82. The van der Waals surface area contributed by atoms with Crippen LogP contribution in [0.25, 0.3) is 0 Å². The molecule has 0 amide bonds. The lowest BCUT2D eigenvalue weighted by atomic mass is 9.93. The van der Waals surface area contributed by atoms with E-state index in [-0.39, 0.29) is 29.4 Å². The summed E-state index contributed by atoms with van der Waals surface area (Å²) in [5.74, 6) is 0.909. The van der Waals surface area contributed by atoms with Gasteiger partial charge >= 0.3 is 0 Å². The summed E-state index contributed by atoms with van der Waals surface area (Å²) in [5.41, 5.74) is 1.26. The monoisotopic (exact) mass is 436 g/mol. The van der Waals surface area contributed by atoms with Crippen LogP contribution in [0.1, 0.15) is 44.3 Å². The molecule has 22 heavy (non-hydrogen) atoms. The van der Waals surface area contributed by atoms with Crippen LogP contribution < -0.4 is 5.32 Å². The van der Waals surface area contributed by atoms with Crippen LogP contribution in [0.2, 0.25) is 0 Å². The first-order chi connectivity index (χ1) is 9.88. The molecular formula is C16H29IN4S. The molecule has 1 N–H and O–H groups in total. The van der Waals surface area contributed by atoms with Crippen molar-refractivity contribution in [1.82, 2.24) is 15.2 Å². The van der Waals surface area contributed by atoms with Gasteiger partial charge in [-0.3, -0.25) is 4.99 Å². The lowest BCUT2D eigenvalue weighted by Crippen LogP contribution is -2.39. The highest BCUT2D eigenvalue weighted by atomic mass is 127. The van der Waals surface area contributed by atoms with Crippen LogP contribution in [-0.2, 0) is 12.0 Å². The van der Waals surface area contributed by atoms with E-state index in [9.17, 15) is 0 Å². The predicted octanol–water partition coefficient (Wildman–Crippen LogP) is 4.03. The Kier molecular flexibility index (Phi) is 9.91. The summed E-state index contributed by atoms with van der Waals surface area (Å²) < 4.78 is 0. The maximum absolute atomic E-state index is 4.69. The van der Waals surface area contributed by atoms with E-state index in [1.165, 1.54) is 0 Å². The fraction of sp³-hybridized carbons (Fsp3) is 0.625. The molecular weight excluding hydrogens is 407 g/mol. The van der Waals surface area contributed by atoms with Crippen LogP contribution in [0, 0.1) is 0 Å². The first-order valence-corrected chi connectivity index (χ1v) is 8.24. The molecule has 1 heterocycles. The number of aromatic nitrogens is 1. The van der Waals surface area contributed by atoms with Crippen molar-refractivity contribution >= 4 is 41.3 Å². The van der Waals surface area contributed by atoms with E-state index in [1.807, 2.05) is 13.1 Å². The highest BCUT2D eigenvalue weighted by Gasteiger charge is 2.17. The molecule has 0 unspecified atom stereocenters. The summed E-state index contributed by atoms with van der Waals surface area (Å²) in [5, 5.41) is 6.62. The largest absolute Gasteiger partial charge is 0.350 e. The van der Waals surface area contributed by atoms with Gasteiger partial charge in [0.05, 0.1) is 12.2 Å². The molecule has 0 atom stereocenters. The van der Waals surface area contributed by atoms with Crippen molar-refractivity contribution in [3.05, 3.63) is 28.7 Å². The summed E-state index contributed by atoms with van der Waals surface area (Å²) >= 11 is 1.70. The normalized spacial score (nSPS) is 11.8. The van der Waals surface area contributed by atoms with Gasteiger partial charge in [0.25, 0.3) is 0 Å². The van der Waals surface area contributed by atoms with Gasteiger partial charge in [0.15, 0.2) is 5.96 Å². The molecule has 6 heteroatoms. The summed E-state index contributed by atoms with van der Waals surface area (Å²) in [6, 6.07) is 0. The van der Waals surface area contributed by atoms with Crippen LogP contribution in [0.15, 0.2) is 23.0 Å². The number of aliphatic imine (C=N–C) groups is 1. The molecule has 0 radical (unpaired) electrons. The number of nitrogens with zero attached hydrogens (tertiary/aromatic N) is 3. The SMILES string of the molecule is C=CCCCN(C)C(=NC)NCc1nc(C(C)(C)C)cs1.I. The Morgan fingerprint density at radius 2 is 2.18 bits per heavy atom. The first-order valence-electron chi connectivity index (χ1n) is 7.36. The van der Waals surface area contributed by atoms with E-state index < -0.39 is 0 Å².